The summed E-state index contributed by atoms with van der Waals surface area (Å²) in [6, 6.07) is 11.5. The van der Waals surface area contributed by atoms with Crippen molar-refractivity contribution in [2.24, 2.45) is 11.7 Å². The van der Waals surface area contributed by atoms with Gasteiger partial charge in [0.2, 0.25) is 0 Å². The lowest BCUT2D eigenvalue weighted by atomic mass is 9.96. The minimum absolute atomic E-state index is 0.218. The number of halogens is 1. The number of carbonyl (C=O) groups excluding carboxylic acids is 2. The zero-order valence-electron chi connectivity index (χ0n) is 18.8. The molecule has 0 aromatic heterocycles. The Morgan fingerprint density at radius 3 is 2.67 bits per heavy atom. The fourth-order valence-corrected chi connectivity index (χ4v) is 4.16. The van der Waals surface area contributed by atoms with Crippen LogP contribution >= 0.6 is 11.6 Å². The summed E-state index contributed by atoms with van der Waals surface area (Å²) in [6.45, 7) is 2.76. The molecule has 8 nitrogen and oxygen atoms in total. The summed E-state index contributed by atoms with van der Waals surface area (Å²) in [6.07, 6.45) is 2.78. The van der Waals surface area contributed by atoms with Crippen LogP contribution in [0.25, 0.3) is 0 Å². The number of benzene rings is 2. The average Bonchev–Trinajstić information content (AvgIpc) is 2.82. The minimum Gasteiger partial charge on any atom is -0.496 e. The van der Waals surface area contributed by atoms with Gasteiger partial charge in [0.1, 0.15) is 5.75 Å². The van der Waals surface area contributed by atoms with E-state index in [1.54, 1.807) is 12.1 Å². The van der Waals surface area contributed by atoms with Crippen molar-refractivity contribution in [3.05, 3.63) is 52.5 Å². The maximum atomic E-state index is 12.7. The zero-order chi connectivity index (χ0) is 23.8. The lowest BCUT2D eigenvalue weighted by molar-refractivity contribution is 0.0942. The molecule has 0 saturated carbocycles. The number of methoxy groups -OCH3 is 1. The van der Waals surface area contributed by atoms with Crippen LogP contribution in [0.5, 0.6) is 5.75 Å². The molecule has 0 radical (unpaired) electrons. The third kappa shape index (κ3) is 6.92. The highest BCUT2D eigenvalue weighted by Gasteiger charge is 2.21. The molecule has 1 heterocycles. The fourth-order valence-electron chi connectivity index (χ4n) is 4.00. The summed E-state index contributed by atoms with van der Waals surface area (Å²) in [5.41, 5.74) is 13.9. The third-order valence-corrected chi connectivity index (χ3v) is 6.19. The number of rotatable bonds is 9. The molecule has 0 aliphatic carbocycles. The van der Waals surface area contributed by atoms with E-state index in [0.29, 0.717) is 41.1 Å². The molecule has 3 rings (SSSR count). The molecule has 9 heteroatoms. The second-order valence-corrected chi connectivity index (χ2v) is 8.56. The molecule has 1 aliphatic rings. The number of primary amides is 1. The number of carbonyl (C=O) groups is 2. The Hall–Kier alpha value is -3.13. The topological polar surface area (TPSA) is 120 Å². The van der Waals surface area contributed by atoms with E-state index in [0.717, 1.165) is 38.8 Å². The number of amides is 2. The molecule has 33 heavy (non-hydrogen) atoms. The largest absolute Gasteiger partial charge is 0.496 e. The number of hydrogen-bond donors (Lipinski definition) is 3. The third-order valence-electron chi connectivity index (χ3n) is 5.86. The first-order chi connectivity index (χ1) is 15.9. The predicted molar refractivity (Wildman–Crippen MR) is 130 cm³/mol. The molecular weight excluding hydrogens is 444 g/mol. The smallest absolute Gasteiger partial charge is 0.404 e. The summed E-state index contributed by atoms with van der Waals surface area (Å²) < 4.78 is 10.1. The van der Waals surface area contributed by atoms with E-state index < -0.39 is 6.09 Å². The molecule has 2 aromatic carbocycles. The Balaban J connectivity index is 1.48. The van der Waals surface area contributed by atoms with Crippen LogP contribution in [0.1, 0.15) is 35.2 Å². The second kappa shape index (κ2) is 11.7. The monoisotopic (exact) mass is 474 g/mol. The number of nitrogens with one attached hydrogen (secondary N) is 1. The normalized spacial score (nSPS) is 14.1. The minimum atomic E-state index is -0.737. The Morgan fingerprint density at radius 2 is 1.97 bits per heavy atom. The zero-order valence-corrected chi connectivity index (χ0v) is 19.6. The van der Waals surface area contributed by atoms with E-state index in [9.17, 15) is 9.59 Å². The number of nitrogens with zero attached hydrogens (tertiary/aromatic N) is 1. The first kappa shape index (κ1) is 24.5. The standard InChI is InChI=1S/C24H31ClN4O4/c1-32-22-14-21(26)20(25)13-19(22)23(30)28-15-17-7-9-29(10-8-17)18-6-2-4-16(12-18)5-3-11-33-24(27)31/h2,4,6,12-14,17H,3,5,7-11,15,26H2,1H3,(H2,27,31)(H,28,30). The van der Waals surface area contributed by atoms with Crippen molar-refractivity contribution in [2.45, 2.75) is 25.7 Å². The fraction of sp³-hybridized carbons (Fsp3) is 0.417. The van der Waals surface area contributed by atoms with Gasteiger partial charge in [-0.3, -0.25) is 4.79 Å². The number of nitrogens with two attached hydrogens (primary N) is 2. The number of nitrogen functional groups attached to an aromatic ring is 1. The van der Waals surface area contributed by atoms with Gasteiger partial charge in [-0.05, 0) is 55.4 Å². The van der Waals surface area contributed by atoms with Gasteiger partial charge in [0.25, 0.3) is 5.91 Å². The van der Waals surface area contributed by atoms with Crippen LogP contribution in [-0.2, 0) is 11.2 Å². The summed E-state index contributed by atoms with van der Waals surface area (Å²) >= 11 is 6.08. The number of piperidine rings is 1. The number of aryl methyl sites for hydroxylation is 1. The van der Waals surface area contributed by atoms with Crippen LogP contribution in [0, 0.1) is 5.92 Å². The molecule has 0 atom stereocenters. The summed E-state index contributed by atoms with van der Waals surface area (Å²) in [5.74, 6) is 0.587. The Bertz CT molecular complexity index is 977. The molecule has 1 fully saturated rings. The SMILES string of the molecule is COc1cc(N)c(Cl)cc1C(=O)NCC1CCN(c2cccc(CCCOC(N)=O)c2)CC1. The van der Waals surface area contributed by atoms with Gasteiger partial charge in [-0.15, -0.1) is 0 Å². The van der Waals surface area contributed by atoms with Gasteiger partial charge in [0, 0.05) is 31.4 Å². The van der Waals surface area contributed by atoms with Crippen molar-refractivity contribution >= 4 is 35.0 Å². The van der Waals surface area contributed by atoms with E-state index in [1.165, 1.54) is 18.4 Å². The summed E-state index contributed by atoms with van der Waals surface area (Å²) in [5, 5.41) is 3.34. The predicted octanol–water partition coefficient (Wildman–Crippen LogP) is 3.61. The number of hydrogen-bond acceptors (Lipinski definition) is 6. The summed E-state index contributed by atoms with van der Waals surface area (Å²) in [7, 11) is 1.50. The molecule has 0 bridgehead atoms. The highest BCUT2D eigenvalue weighted by Crippen LogP contribution is 2.29. The Kier molecular flexibility index (Phi) is 8.65. The van der Waals surface area contributed by atoms with Crippen LogP contribution in [-0.4, -0.2) is 45.4 Å². The number of ether oxygens (including phenoxy) is 2. The van der Waals surface area contributed by atoms with Gasteiger partial charge in [-0.2, -0.15) is 0 Å². The van der Waals surface area contributed by atoms with E-state index in [-0.39, 0.29) is 5.91 Å². The van der Waals surface area contributed by atoms with E-state index in [2.05, 4.69) is 34.5 Å². The highest BCUT2D eigenvalue weighted by atomic mass is 35.5. The lowest BCUT2D eigenvalue weighted by Crippen LogP contribution is -2.38. The van der Waals surface area contributed by atoms with Gasteiger partial charge in [-0.1, -0.05) is 23.7 Å². The molecule has 1 saturated heterocycles. The van der Waals surface area contributed by atoms with E-state index in [4.69, 9.17) is 32.5 Å². The molecule has 2 amide bonds. The van der Waals surface area contributed by atoms with Crippen molar-refractivity contribution in [3.8, 4) is 5.75 Å². The lowest BCUT2D eigenvalue weighted by Gasteiger charge is -2.34. The van der Waals surface area contributed by atoms with Crippen molar-refractivity contribution < 1.29 is 19.1 Å². The maximum Gasteiger partial charge on any atom is 0.404 e. The molecule has 178 valence electrons. The van der Waals surface area contributed by atoms with Crippen LogP contribution in [0.15, 0.2) is 36.4 Å². The van der Waals surface area contributed by atoms with Crippen molar-refractivity contribution in [2.75, 3.05) is 44.0 Å². The molecule has 1 aliphatic heterocycles. The highest BCUT2D eigenvalue weighted by molar-refractivity contribution is 6.33. The van der Waals surface area contributed by atoms with Gasteiger partial charge >= 0.3 is 6.09 Å². The van der Waals surface area contributed by atoms with Gasteiger partial charge in [0.15, 0.2) is 0 Å². The van der Waals surface area contributed by atoms with E-state index in [1.807, 2.05) is 0 Å². The quantitative estimate of drug-likeness (QED) is 0.377. The van der Waals surface area contributed by atoms with Crippen molar-refractivity contribution in [1.29, 1.82) is 0 Å². The average molecular weight is 475 g/mol. The van der Waals surface area contributed by atoms with Crippen molar-refractivity contribution in [1.82, 2.24) is 5.32 Å². The first-order valence-corrected chi connectivity index (χ1v) is 11.4. The van der Waals surface area contributed by atoms with Gasteiger partial charge < -0.3 is 31.2 Å². The van der Waals surface area contributed by atoms with Crippen LogP contribution in [0.4, 0.5) is 16.2 Å². The molecule has 5 N–H and O–H groups in total. The molecular formula is C24H31ClN4O4. The second-order valence-electron chi connectivity index (χ2n) is 8.16. The first-order valence-electron chi connectivity index (χ1n) is 11.0. The number of anilines is 2. The van der Waals surface area contributed by atoms with Gasteiger partial charge in [-0.25, -0.2) is 4.79 Å². The maximum absolute atomic E-state index is 12.7. The summed E-state index contributed by atoms with van der Waals surface area (Å²) in [4.78, 5) is 25.7. The molecule has 0 spiro atoms. The van der Waals surface area contributed by atoms with Crippen LogP contribution in [0.2, 0.25) is 5.02 Å². The van der Waals surface area contributed by atoms with Gasteiger partial charge in [0.05, 0.1) is 30.0 Å². The molecule has 0 unspecified atom stereocenters. The molecule has 2 aromatic rings. The Labute approximate surface area is 199 Å². The van der Waals surface area contributed by atoms with Crippen LogP contribution in [0.3, 0.4) is 0 Å². The van der Waals surface area contributed by atoms with E-state index >= 15 is 0 Å². The van der Waals surface area contributed by atoms with Crippen molar-refractivity contribution in [3.63, 3.8) is 0 Å². The Morgan fingerprint density at radius 1 is 1.21 bits per heavy atom. The van der Waals surface area contributed by atoms with Crippen LogP contribution < -0.4 is 26.4 Å².